The van der Waals surface area contributed by atoms with E-state index in [-0.39, 0.29) is 5.91 Å². The van der Waals surface area contributed by atoms with Gasteiger partial charge in [-0.1, -0.05) is 0 Å². The topological polar surface area (TPSA) is 73.6 Å². The maximum atomic E-state index is 10.7. The minimum atomic E-state index is -0.168. The van der Waals surface area contributed by atoms with E-state index in [1.165, 1.54) is 0 Å². The molecule has 0 aromatic rings. The number of hydrogen-bond donors (Lipinski definition) is 3. The summed E-state index contributed by atoms with van der Waals surface area (Å²) in [6, 6.07) is 0. The molecule has 0 aliphatic rings. The predicted molar refractivity (Wildman–Crippen MR) is 47.3 cm³/mol. The summed E-state index contributed by atoms with van der Waals surface area (Å²) < 4.78 is 0. The number of nitrogens with two attached hydrogens (primary N) is 1. The Morgan fingerprint density at radius 3 is 2.83 bits per heavy atom. The van der Waals surface area contributed by atoms with Crippen LogP contribution in [0.25, 0.3) is 0 Å². The third kappa shape index (κ3) is 7.80. The summed E-state index contributed by atoms with van der Waals surface area (Å²) in [4.78, 5) is 19.8. The number of amides is 1. The number of nitrogens with one attached hydrogen (secondary N) is 1. The second-order valence-corrected chi connectivity index (χ2v) is 2.52. The molecule has 0 heterocycles. The lowest BCUT2D eigenvalue weighted by molar-refractivity contribution is -0.133. The smallest absolute Gasteiger partial charge is 0.244 e. The Morgan fingerprint density at radius 2 is 2.25 bits per heavy atom. The van der Waals surface area contributed by atoms with Crippen LogP contribution in [-0.2, 0) is 14.5 Å². The van der Waals surface area contributed by atoms with Crippen molar-refractivity contribution in [3.05, 3.63) is 0 Å². The molecule has 0 radical (unpaired) electrons. The Bertz CT molecular complexity index is 123. The highest BCUT2D eigenvalue weighted by Crippen LogP contribution is 1.84. The average Bonchev–Trinajstić information content (AvgIpc) is 2.05. The van der Waals surface area contributed by atoms with Crippen LogP contribution in [0.1, 0.15) is 12.8 Å². The molecular weight excluding hydrogens is 180 g/mol. The van der Waals surface area contributed by atoms with Crippen molar-refractivity contribution in [2.45, 2.75) is 12.8 Å². The minimum Gasteiger partial charge on any atom is -0.305 e. The van der Waals surface area contributed by atoms with Gasteiger partial charge in [-0.3, -0.25) is 9.63 Å². The zero-order valence-corrected chi connectivity index (χ0v) is 7.68. The lowest BCUT2D eigenvalue weighted by Gasteiger charge is -2.03. The summed E-state index contributed by atoms with van der Waals surface area (Å²) in [5, 5.41) is 0. The van der Waals surface area contributed by atoms with Crippen molar-refractivity contribution in [3.8, 4) is 0 Å². The summed E-state index contributed by atoms with van der Waals surface area (Å²) in [6.07, 6.45) is 1.01. The monoisotopic (exact) mass is 194 g/mol. The van der Waals surface area contributed by atoms with Crippen LogP contribution >= 0.6 is 12.6 Å². The van der Waals surface area contributed by atoms with Gasteiger partial charge in [-0.25, -0.2) is 11.4 Å². The first-order chi connectivity index (χ1) is 5.81. The summed E-state index contributed by atoms with van der Waals surface area (Å²) in [7, 11) is 0. The first-order valence-corrected chi connectivity index (χ1v) is 4.27. The highest BCUT2D eigenvalue weighted by atomic mass is 32.1. The van der Waals surface area contributed by atoms with E-state index in [9.17, 15) is 4.79 Å². The van der Waals surface area contributed by atoms with Crippen LogP contribution in [0, 0.1) is 0 Å². The molecule has 0 saturated heterocycles. The van der Waals surface area contributed by atoms with Gasteiger partial charge in [0.25, 0.3) is 0 Å². The summed E-state index contributed by atoms with van der Waals surface area (Å²) in [6.45, 7) is 0.817. The van der Waals surface area contributed by atoms with Crippen molar-refractivity contribution >= 4 is 18.5 Å². The Kier molecular flexibility index (Phi) is 8.57. The van der Waals surface area contributed by atoms with E-state index >= 15 is 0 Å². The zero-order valence-electron chi connectivity index (χ0n) is 6.78. The van der Waals surface area contributed by atoms with Gasteiger partial charge < -0.3 is 4.84 Å². The summed E-state index contributed by atoms with van der Waals surface area (Å²) >= 11 is 3.89. The van der Waals surface area contributed by atoms with Crippen molar-refractivity contribution in [2.24, 2.45) is 5.90 Å². The normalized spacial score (nSPS) is 9.83. The Morgan fingerprint density at radius 1 is 1.50 bits per heavy atom. The molecule has 0 fully saturated rings. The molecule has 0 unspecified atom stereocenters. The van der Waals surface area contributed by atoms with E-state index in [1.807, 2.05) is 0 Å². The van der Waals surface area contributed by atoms with Crippen LogP contribution < -0.4 is 11.4 Å². The van der Waals surface area contributed by atoms with Crippen molar-refractivity contribution in [1.29, 1.82) is 0 Å². The van der Waals surface area contributed by atoms with Crippen LogP contribution in [0.15, 0.2) is 0 Å². The molecule has 72 valence electrons. The van der Waals surface area contributed by atoms with Gasteiger partial charge in [0.05, 0.1) is 13.2 Å². The highest BCUT2D eigenvalue weighted by Gasteiger charge is 1.97. The molecule has 0 aliphatic heterocycles. The van der Waals surface area contributed by atoms with Gasteiger partial charge >= 0.3 is 0 Å². The van der Waals surface area contributed by atoms with Gasteiger partial charge in [-0.2, -0.15) is 12.6 Å². The highest BCUT2D eigenvalue weighted by molar-refractivity contribution is 7.80. The molecule has 1 amide bonds. The fourth-order valence-electron chi connectivity index (χ4n) is 0.499. The predicted octanol–water partition coefficient (Wildman–Crippen LogP) is -0.366. The molecule has 0 aromatic carbocycles. The van der Waals surface area contributed by atoms with E-state index in [0.29, 0.717) is 31.8 Å². The molecule has 0 saturated carbocycles. The molecule has 12 heavy (non-hydrogen) atoms. The molecule has 0 atom stereocenters. The third-order valence-electron chi connectivity index (χ3n) is 1.03. The lowest BCUT2D eigenvalue weighted by Crippen LogP contribution is -2.24. The van der Waals surface area contributed by atoms with Gasteiger partial charge in [-0.15, -0.1) is 0 Å². The maximum Gasteiger partial charge on any atom is 0.244 e. The zero-order chi connectivity index (χ0) is 9.23. The van der Waals surface area contributed by atoms with Crippen molar-refractivity contribution < 1.29 is 14.5 Å². The number of rotatable bonds is 7. The Balaban J connectivity index is 3.03. The molecular formula is C6H14N2O3S. The van der Waals surface area contributed by atoms with Gasteiger partial charge in [0, 0.05) is 6.42 Å². The maximum absolute atomic E-state index is 10.7. The second-order valence-electron chi connectivity index (χ2n) is 2.07. The van der Waals surface area contributed by atoms with Crippen LogP contribution in [-0.4, -0.2) is 24.9 Å². The van der Waals surface area contributed by atoms with Crippen molar-refractivity contribution in [1.82, 2.24) is 5.48 Å². The van der Waals surface area contributed by atoms with Crippen LogP contribution in [0.2, 0.25) is 0 Å². The van der Waals surface area contributed by atoms with E-state index < -0.39 is 0 Å². The quantitative estimate of drug-likeness (QED) is 0.294. The van der Waals surface area contributed by atoms with Crippen molar-refractivity contribution in [2.75, 3.05) is 19.0 Å². The van der Waals surface area contributed by atoms with Gasteiger partial charge in [0.2, 0.25) is 5.91 Å². The standard InChI is InChI=1S/C6H14N2O3S/c7-10-3-1-4-11-8-6(9)2-5-12/h12H,1-5,7H2,(H,8,9). The van der Waals surface area contributed by atoms with E-state index in [0.717, 1.165) is 0 Å². The van der Waals surface area contributed by atoms with Gasteiger partial charge in [0.1, 0.15) is 0 Å². The third-order valence-corrected chi connectivity index (χ3v) is 1.26. The fraction of sp³-hybridized carbons (Fsp3) is 0.833. The average molecular weight is 194 g/mol. The largest absolute Gasteiger partial charge is 0.305 e. The molecule has 0 aromatic heterocycles. The van der Waals surface area contributed by atoms with Crippen LogP contribution in [0.5, 0.6) is 0 Å². The number of thiol groups is 1. The minimum absolute atomic E-state index is 0.168. The number of carbonyl (C=O) groups is 1. The summed E-state index contributed by atoms with van der Waals surface area (Å²) in [5.74, 6) is 5.11. The molecule has 3 N–H and O–H groups in total. The van der Waals surface area contributed by atoms with Crippen molar-refractivity contribution in [3.63, 3.8) is 0 Å². The number of hydroxylamine groups is 1. The molecule has 0 aliphatic carbocycles. The van der Waals surface area contributed by atoms with E-state index in [4.69, 9.17) is 10.7 Å². The second kappa shape index (κ2) is 8.79. The van der Waals surface area contributed by atoms with Gasteiger partial charge in [-0.05, 0) is 12.2 Å². The van der Waals surface area contributed by atoms with E-state index in [1.54, 1.807) is 0 Å². The first kappa shape index (κ1) is 11.7. The molecule has 0 rings (SSSR count). The lowest BCUT2D eigenvalue weighted by atomic mass is 10.5. The first-order valence-electron chi connectivity index (χ1n) is 3.64. The van der Waals surface area contributed by atoms with E-state index in [2.05, 4.69) is 22.9 Å². The number of hydrogen-bond acceptors (Lipinski definition) is 5. The molecule has 6 heteroatoms. The summed E-state index contributed by atoms with van der Waals surface area (Å²) in [5.41, 5.74) is 2.26. The van der Waals surface area contributed by atoms with Gasteiger partial charge in [0.15, 0.2) is 0 Å². The van der Waals surface area contributed by atoms with Crippen LogP contribution in [0.3, 0.4) is 0 Å². The molecule has 5 nitrogen and oxygen atoms in total. The Hall–Kier alpha value is -0.300. The molecule has 0 spiro atoms. The Labute approximate surface area is 76.9 Å². The van der Waals surface area contributed by atoms with Crippen LogP contribution in [0.4, 0.5) is 0 Å². The number of carbonyl (C=O) groups excluding carboxylic acids is 1. The fourth-order valence-corrected chi connectivity index (χ4v) is 0.702. The molecule has 0 bridgehead atoms. The SMILES string of the molecule is NOCCCONC(=O)CCS.